The average Bonchev–Trinajstić information content (AvgIpc) is 3.02. The Balaban J connectivity index is 2.09. The van der Waals surface area contributed by atoms with E-state index < -0.39 is 0 Å². The van der Waals surface area contributed by atoms with Gasteiger partial charge >= 0.3 is 0 Å². The van der Waals surface area contributed by atoms with Crippen LogP contribution in [0.5, 0.6) is 11.5 Å². The van der Waals surface area contributed by atoms with Crippen LogP contribution in [0.15, 0.2) is 12.1 Å². The summed E-state index contributed by atoms with van der Waals surface area (Å²) in [7, 11) is 7.55. The Kier molecular flexibility index (Phi) is 4.26. The van der Waals surface area contributed by atoms with E-state index in [0.717, 1.165) is 42.1 Å². The van der Waals surface area contributed by atoms with Crippen molar-refractivity contribution >= 4 is 16.7 Å². The van der Waals surface area contributed by atoms with Crippen molar-refractivity contribution in [2.75, 3.05) is 46.3 Å². The van der Waals surface area contributed by atoms with Gasteiger partial charge in [0, 0.05) is 30.6 Å². The Hall–Kier alpha value is -2.08. The standard InChI is InChI=1S/C17H24N4O2/c1-11-18-14-9-16(23-5)15(22-4)8-13(14)17(19-11)21-7-6-12(10-21)20(2)3/h8-9,12H,6-7,10H2,1-5H3/t12-/m1/s1. The largest absolute Gasteiger partial charge is 0.493 e. The average molecular weight is 316 g/mol. The molecule has 1 fully saturated rings. The predicted molar refractivity (Wildman–Crippen MR) is 91.7 cm³/mol. The highest BCUT2D eigenvalue weighted by Gasteiger charge is 2.27. The molecule has 6 nitrogen and oxygen atoms in total. The summed E-state index contributed by atoms with van der Waals surface area (Å²) < 4.78 is 10.8. The van der Waals surface area contributed by atoms with Gasteiger partial charge in [-0.25, -0.2) is 9.97 Å². The molecule has 0 saturated carbocycles. The number of rotatable bonds is 4. The summed E-state index contributed by atoms with van der Waals surface area (Å²) >= 11 is 0. The number of nitrogens with zero attached hydrogens (tertiary/aromatic N) is 4. The van der Waals surface area contributed by atoms with Crippen molar-refractivity contribution in [3.8, 4) is 11.5 Å². The zero-order valence-electron chi connectivity index (χ0n) is 14.5. The van der Waals surface area contributed by atoms with Crippen molar-refractivity contribution in [1.29, 1.82) is 0 Å². The van der Waals surface area contributed by atoms with E-state index in [0.29, 0.717) is 17.5 Å². The number of aryl methyl sites for hydroxylation is 1. The lowest BCUT2D eigenvalue weighted by molar-refractivity contribution is 0.315. The van der Waals surface area contributed by atoms with E-state index in [9.17, 15) is 0 Å². The molecule has 6 heteroatoms. The molecule has 0 amide bonds. The van der Waals surface area contributed by atoms with Crippen LogP contribution in [0.1, 0.15) is 12.2 Å². The zero-order valence-corrected chi connectivity index (χ0v) is 14.5. The molecule has 0 unspecified atom stereocenters. The number of benzene rings is 1. The molecule has 1 aliphatic rings. The fraction of sp³-hybridized carbons (Fsp3) is 0.529. The molecular weight excluding hydrogens is 292 g/mol. The van der Waals surface area contributed by atoms with Crippen LogP contribution >= 0.6 is 0 Å². The first kappa shape index (κ1) is 15.8. The first-order chi connectivity index (χ1) is 11.0. The monoisotopic (exact) mass is 316 g/mol. The molecule has 1 atom stereocenters. The number of aromatic nitrogens is 2. The number of hydrogen-bond acceptors (Lipinski definition) is 6. The molecule has 2 aromatic rings. The van der Waals surface area contributed by atoms with Crippen molar-refractivity contribution in [1.82, 2.24) is 14.9 Å². The molecule has 0 spiro atoms. The number of anilines is 1. The van der Waals surface area contributed by atoms with E-state index in [1.807, 2.05) is 19.1 Å². The molecular formula is C17H24N4O2. The topological polar surface area (TPSA) is 50.7 Å². The molecule has 3 rings (SSSR count). The fourth-order valence-electron chi connectivity index (χ4n) is 3.15. The van der Waals surface area contributed by atoms with Gasteiger partial charge in [-0.3, -0.25) is 0 Å². The van der Waals surface area contributed by atoms with Crippen LogP contribution in [0.3, 0.4) is 0 Å². The summed E-state index contributed by atoms with van der Waals surface area (Å²) in [6, 6.07) is 4.46. The van der Waals surface area contributed by atoms with Gasteiger partial charge in [0.1, 0.15) is 11.6 Å². The Morgan fingerprint density at radius 1 is 1.13 bits per heavy atom. The molecule has 1 aromatic heterocycles. The van der Waals surface area contributed by atoms with E-state index in [4.69, 9.17) is 14.5 Å². The number of ether oxygens (including phenoxy) is 2. The van der Waals surface area contributed by atoms with Gasteiger partial charge in [-0.1, -0.05) is 0 Å². The summed E-state index contributed by atoms with van der Waals surface area (Å²) in [4.78, 5) is 13.9. The maximum Gasteiger partial charge on any atom is 0.162 e. The Morgan fingerprint density at radius 3 is 2.43 bits per heavy atom. The van der Waals surface area contributed by atoms with Gasteiger partial charge in [0.2, 0.25) is 0 Å². The van der Waals surface area contributed by atoms with Crippen molar-refractivity contribution in [2.45, 2.75) is 19.4 Å². The lowest BCUT2D eigenvalue weighted by atomic mass is 10.2. The van der Waals surface area contributed by atoms with Crippen LogP contribution < -0.4 is 14.4 Å². The minimum atomic E-state index is 0.556. The molecule has 0 N–H and O–H groups in total. The van der Waals surface area contributed by atoms with Gasteiger partial charge in [0.05, 0.1) is 19.7 Å². The van der Waals surface area contributed by atoms with Crippen LogP contribution in [-0.4, -0.2) is 62.3 Å². The number of likely N-dealkylation sites (N-methyl/N-ethyl adjacent to an activating group) is 1. The third-order valence-corrected chi connectivity index (χ3v) is 4.49. The summed E-state index contributed by atoms with van der Waals surface area (Å²) in [5.41, 5.74) is 0.887. The summed E-state index contributed by atoms with van der Waals surface area (Å²) in [6.07, 6.45) is 1.14. The van der Waals surface area contributed by atoms with Crippen molar-refractivity contribution in [3.05, 3.63) is 18.0 Å². The van der Waals surface area contributed by atoms with Crippen LogP contribution in [0.2, 0.25) is 0 Å². The van der Waals surface area contributed by atoms with E-state index in [1.54, 1.807) is 14.2 Å². The Labute approximate surface area is 137 Å². The molecule has 1 aromatic carbocycles. The molecule has 0 aliphatic carbocycles. The molecule has 0 bridgehead atoms. The quantitative estimate of drug-likeness (QED) is 0.861. The van der Waals surface area contributed by atoms with Crippen LogP contribution in [0.4, 0.5) is 5.82 Å². The smallest absolute Gasteiger partial charge is 0.162 e. The minimum Gasteiger partial charge on any atom is -0.493 e. The second kappa shape index (κ2) is 6.20. The minimum absolute atomic E-state index is 0.556. The third-order valence-electron chi connectivity index (χ3n) is 4.49. The van der Waals surface area contributed by atoms with Gasteiger partial charge in [-0.05, 0) is 33.5 Å². The highest BCUT2D eigenvalue weighted by atomic mass is 16.5. The second-order valence-corrected chi connectivity index (χ2v) is 6.17. The van der Waals surface area contributed by atoms with E-state index in [-0.39, 0.29) is 0 Å². The third kappa shape index (κ3) is 2.91. The summed E-state index contributed by atoms with van der Waals surface area (Å²) in [5, 5.41) is 1.01. The highest BCUT2D eigenvalue weighted by molar-refractivity contribution is 5.92. The first-order valence-corrected chi connectivity index (χ1v) is 7.85. The van der Waals surface area contributed by atoms with Gasteiger partial charge in [-0.15, -0.1) is 0 Å². The number of fused-ring (bicyclic) bond motifs is 1. The van der Waals surface area contributed by atoms with Gasteiger partial charge in [-0.2, -0.15) is 0 Å². The van der Waals surface area contributed by atoms with Gasteiger partial charge in [0.15, 0.2) is 11.5 Å². The van der Waals surface area contributed by atoms with E-state index >= 15 is 0 Å². The van der Waals surface area contributed by atoms with Gasteiger partial charge in [0.25, 0.3) is 0 Å². The van der Waals surface area contributed by atoms with Crippen LogP contribution in [0.25, 0.3) is 10.9 Å². The van der Waals surface area contributed by atoms with Crippen molar-refractivity contribution < 1.29 is 9.47 Å². The lowest BCUT2D eigenvalue weighted by Crippen LogP contribution is -2.31. The number of hydrogen-bond donors (Lipinski definition) is 0. The molecule has 124 valence electrons. The summed E-state index contributed by atoms with van der Waals surface area (Å²) in [6.45, 7) is 3.91. The van der Waals surface area contributed by atoms with E-state index in [2.05, 4.69) is 28.9 Å². The zero-order chi connectivity index (χ0) is 16.6. The SMILES string of the molecule is COc1cc2nc(C)nc(N3CC[C@@H](N(C)C)C3)c2cc1OC. The maximum atomic E-state index is 5.44. The van der Waals surface area contributed by atoms with Crippen molar-refractivity contribution in [2.24, 2.45) is 0 Å². The normalized spacial score (nSPS) is 18.0. The van der Waals surface area contributed by atoms with Crippen molar-refractivity contribution in [3.63, 3.8) is 0 Å². The molecule has 2 heterocycles. The predicted octanol–water partition coefficient (Wildman–Crippen LogP) is 2.10. The molecule has 1 saturated heterocycles. The first-order valence-electron chi connectivity index (χ1n) is 7.85. The highest BCUT2D eigenvalue weighted by Crippen LogP contribution is 2.36. The van der Waals surface area contributed by atoms with Crippen LogP contribution in [-0.2, 0) is 0 Å². The Morgan fingerprint density at radius 2 is 1.83 bits per heavy atom. The lowest BCUT2D eigenvalue weighted by Gasteiger charge is -2.22. The molecule has 1 aliphatic heterocycles. The fourth-order valence-corrected chi connectivity index (χ4v) is 3.15. The Bertz CT molecular complexity index is 717. The summed E-state index contributed by atoms with van der Waals surface area (Å²) in [5.74, 6) is 3.15. The molecule has 0 radical (unpaired) electrons. The maximum absolute atomic E-state index is 5.44. The molecule has 23 heavy (non-hydrogen) atoms. The number of methoxy groups -OCH3 is 2. The second-order valence-electron chi connectivity index (χ2n) is 6.17. The van der Waals surface area contributed by atoms with E-state index in [1.165, 1.54) is 0 Å². The van der Waals surface area contributed by atoms with Gasteiger partial charge < -0.3 is 19.3 Å². The van der Waals surface area contributed by atoms with Crippen LogP contribution in [0, 0.1) is 6.92 Å².